The largest absolute Gasteiger partial charge is 0.477 e. The van der Waals surface area contributed by atoms with Crippen LogP contribution >= 0.6 is 23.2 Å². The van der Waals surface area contributed by atoms with Crippen LogP contribution in [0, 0.1) is 12.7 Å². The Morgan fingerprint density at radius 1 is 1.09 bits per heavy atom. The molecule has 5 N–H and O–H groups in total. The Morgan fingerprint density at radius 3 is 2.48 bits per heavy atom. The Kier molecular flexibility index (Phi) is 9.65. The Morgan fingerprint density at radius 2 is 1.78 bits per heavy atom. The van der Waals surface area contributed by atoms with Crippen LogP contribution in [0.15, 0.2) is 54.6 Å². The van der Waals surface area contributed by atoms with Crippen LogP contribution in [0.25, 0.3) is 0 Å². The molecule has 0 radical (unpaired) electrons. The second-order valence-corrected chi connectivity index (χ2v) is 12.7. The number of nitrogens with one attached hydrogen (secondary N) is 3. The molecule has 1 fully saturated rings. The zero-order valence-electron chi connectivity index (χ0n) is 25.6. The van der Waals surface area contributed by atoms with Gasteiger partial charge in [0.25, 0.3) is 5.91 Å². The number of aliphatic hydroxyl groups excluding tert-OH is 2. The van der Waals surface area contributed by atoms with Crippen molar-refractivity contribution in [2.45, 2.75) is 69.1 Å². The van der Waals surface area contributed by atoms with Crippen LogP contribution in [0.3, 0.4) is 0 Å². The van der Waals surface area contributed by atoms with Gasteiger partial charge in [0, 0.05) is 40.2 Å². The third kappa shape index (κ3) is 5.83. The van der Waals surface area contributed by atoms with E-state index in [-0.39, 0.29) is 37.5 Å². The minimum Gasteiger partial charge on any atom is -0.477 e. The third-order valence-corrected chi connectivity index (χ3v) is 9.69. The van der Waals surface area contributed by atoms with Gasteiger partial charge in [-0.1, -0.05) is 49.2 Å². The van der Waals surface area contributed by atoms with Gasteiger partial charge in [-0.2, -0.15) is 0 Å². The molecule has 0 unspecified atom stereocenters. The third-order valence-electron chi connectivity index (χ3n) is 9.22. The van der Waals surface area contributed by atoms with Crippen LogP contribution < -0.4 is 20.7 Å². The van der Waals surface area contributed by atoms with Crippen molar-refractivity contribution in [1.82, 2.24) is 10.6 Å². The molecule has 0 saturated carbocycles. The molecule has 2 aliphatic rings. The number of amides is 3. The molecule has 4 atom stereocenters. The number of benzene rings is 3. The van der Waals surface area contributed by atoms with Crippen LogP contribution in [0.4, 0.5) is 10.1 Å². The second-order valence-electron chi connectivity index (χ2n) is 11.8. The highest BCUT2D eigenvalue weighted by molar-refractivity contribution is 6.31. The normalized spacial score (nSPS) is 21.4. The van der Waals surface area contributed by atoms with Crippen LogP contribution in [-0.2, 0) is 19.8 Å². The molecule has 9 nitrogen and oxygen atoms in total. The van der Waals surface area contributed by atoms with E-state index < -0.39 is 53.3 Å². The van der Waals surface area contributed by atoms with Gasteiger partial charge in [-0.15, -0.1) is 0 Å². The summed E-state index contributed by atoms with van der Waals surface area (Å²) in [6.07, 6.45) is -0.845. The first-order valence-electron chi connectivity index (χ1n) is 15.1. The zero-order valence-corrected chi connectivity index (χ0v) is 27.1. The number of ether oxygens (including phenoxy) is 1. The number of aryl methyl sites for hydroxylation is 1. The van der Waals surface area contributed by atoms with E-state index in [1.807, 2.05) is 0 Å². The van der Waals surface area contributed by atoms with E-state index in [0.717, 1.165) is 0 Å². The molecule has 0 aromatic heterocycles. The van der Waals surface area contributed by atoms with Crippen molar-refractivity contribution >= 4 is 46.6 Å². The lowest BCUT2D eigenvalue weighted by Crippen LogP contribution is -2.57. The summed E-state index contributed by atoms with van der Waals surface area (Å²) in [7, 11) is 0. The molecule has 2 aliphatic heterocycles. The summed E-state index contributed by atoms with van der Waals surface area (Å²) >= 11 is 12.9. The van der Waals surface area contributed by atoms with Gasteiger partial charge in [-0.25, -0.2) is 4.39 Å². The van der Waals surface area contributed by atoms with E-state index in [0.29, 0.717) is 38.0 Å². The average molecular weight is 673 g/mol. The molecule has 3 amide bonds. The fourth-order valence-electron chi connectivity index (χ4n) is 6.74. The maximum Gasteiger partial charge on any atom is 0.264 e. The Hall–Kier alpha value is -3.70. The Balaban J connectivity index is 1.73. The van der Waals surface area contributed by atoms with Crippen LogP contribution in [0.5, 0.6) is 5.75 Å². The first-order chi connectivity index (χ1) is 21.9. The molecule has 244 valence electrons. The molecule has 0 aliphatic carbocycles. The summed E-state index contributed by atoms with van der Waals surface area (Å²) in [5.41, 5.74) is -0.400. The van der Waals surface area contributed by atoms with Crippen LogP contribution in [0.1, 0.15) is 67.3 Å². The summed E-state index contributed by atoms with van der Waals surface area (Å²) in [6.45, 7) is 4.63. The fraction of sp³-hybridized carbons (Fsp3) is 0.382. The zero-order chi connectivity index (χ0) is 33.4. The SMILES string of the molecule is CCC(CC)(Oc1ccc(Cl)cc1[C@@H]1CC(=O)N[C@H](c2cc(F)ccc2C)[C@@]12C(=O)Nc1cc(Cl)ccc12)C(=O)NC[C@H](O)CO. The van der Waals surface area contributed by atoms with Crippen molar-refractivity contribution in [2.24, 2.45) is 0 Å². The standard InChI is InChI=1S/C34H36Cl2FN3O6/c1-4-33(5-2,31(44)38-16-22(42)17-41)46-28-11-8-19(35)12-24(28)26-15-29(43)40-30(23-14-21(37)9-6-18(23)3)34(26)25-10-7-20(36)13-27(25)39-32(34)45/h6-14,22,26,30,41-42H,4-5,15-17H2,1-3H3,(H,38,44)(H,39,45)(H,40,43)/t22-,26-,30+,34-/m0/s1. The Bertz CT molecular complexity index is 1680. The lowest BCUT2D eigenvalue weighted by Gasteiger charge is -2.47. The Labute approximate surface area is 276 Å². The lowest BCUT2D eigenvalue weighted by atomic mass is 9.59. The minimum absolute atomic E-state index is 0.156. The van der Waals surface area contributed by atoms with E-state index in [9.17, 15) is 29.0 Å². The highest BCUT2D eigenvalue weighted by Crippen LogP contribution is 2.59. The first-order valence-corrected chi connectivity index (χ1v) is 15.9. The molecule has 0 bridgehead atoms. The highest BCUT2D eigenvalue weighted by Gasteiger charge is 2.62. The van der Waals surface area contributed by atoms with Gasteiger partial charge >= 0.3 is 0 Å². The van der Waals surface area contributed by atoms with Gasteiger partial charge < -0.3 is 30.9 Å². The van der Waals surface area contributed by atoms with E-state index in [1.54, 1.807) is 63.2 Å². The number of halogens is 3. The van der Waals surface area contributed by atoms with Gasteiger partial charge in [0.05, 0.1) is 18.8 Å². The number of rotatable bonds is 10. The number of aliphatic hydroxyl groups is 2. The maximum atomic E-state index is 14.8. The topological polar surface area (TPSA) is 137 Å². The second kappa shape index (κ2) is 13.2. The van der Waals surface area contributed by atoms with Gasteiger partial charge in [0.2, 0.25) is 11.8 Å². The van der Waals surface area contributed by atoms with E-state index in [2.05, 4.69) is 16.0 Å². The van der Waals surface area contributed by atoms with E-state index in [1.165, 1.54) is 12.1 Å². The first kappa shape index (κ1) is 33.7. The lowest BCUT2D eigenvalue weighted by molar-refractivity contribution is -0.138. The number of carbonyl (C=O) groups excluding carboxylic acids is 3. The molecular formula is C34H36Cl2FN3O6. The predicted molar refractivity (Wildman–Crippen MR) is 173 cm³/mol. The average Bonchev–Trinajstić information content (AvgIpc) is 3.31. The number of carbonyl (C=O) groups is 3. The monoisotopic (exact) mass is 671 g/mol. The molecule has 2 heterocycles. The molecule has 3 aromatic rings. The summed E-state index contributed by atoms with van der Waals surface area (Å²) in [5, 5.41) is 28.4. The summed E-state index contributed by atoms with van der Waals surface area (Å²) in [4.78, 5) is 41.6. The minimum atomic E-state index is -1.51. The summed E-state index contributed by atoms with van der Waals surface area (Å²) in [5.74, 6) is -2.50. The molecule has 1 saturated heterocycles. The quantitative estimate of drug-likeness (QED) is 0.204. The molecule has 46 heavy (non-hydrogen) atoms. The van der Waals surface area contributed by atoms with Gasteiger partial charge in [0.1, 0.15) is 17.0 Å². The van der Waals surface area contributed by atoms with Crippen molar-refractivity contribution in [3.8, 4) is 5.75 Å². The molecule has 12 heteroatoms. The van der Waals surface area contributed by atoms with Crippen molar-refractivity contribution in [3.63, 3.8) is 0 Å². The van der Waals surface area contributed by atoms with E-state index in [4.69, 9.17) is 27.9 Å². The highest BCUT2D eigenvalue weighted by atomic mass is 35.5. The van der Waals surface area contributed by atoms with Crippen molar-refractivity contribution in [1.29, 1.82) is 0 Å². The maximum absolute atomic E-state index is 14.8. The number of fused-ring (bicyclic) bond motifs is 2. The van der Waals surface area contributed by atoms with Crippen LogP contribution in [-0.4, -0.2) is 52.8 Å². The molecule has 5 rings (SSSR count). The number of piperidine rings is 1. The van der Waals surface area contributed by atoms with Crippen molar-refractivity contribution in [3.05, 3.63) is 92.7 Å². The van der Waals surface area contributed by atoms with Crippen molar-refractivity contribution < 1.29 is 33.7 Å². The molecule has 3 aromatic carbocycles. The fourth-order valence-corrected chi connectivity index (χ4v) is 7.09. The van der Waals surface area contributed by atoms with Gasteiger partial charge in [-0.3, -0.25) is 14.4 Å². The smallest absolute Gasteiger partial charge is 0.264 e. The molecular weight excluding hydrogens is 636 g/mol. The van der Waals surface area contributed by atoms with Crippen LogP contribution in [0.2, 0.25) is 10.0 Å². The van der Waals surface area contributed by atoms with Gasteiger partial charge in [0.15, 0.2) is 5.60 Å². The summed E-state index contributed by atoms with van der Waals surface area (Å²) in [6, 6.07) is 13.1. The number of hydrogen-bond donors (Lipinski definition) is 5. The number of anilines is 1. The number of hydrogen-bond acceptors (Lipinski definition) is 6. The van der Waals surface area contributed by atoms with Crippen molar-refractivity contribution in [2.75, 3.05) is 18.5 Å². The van der Waals surface area contributed by atoms with E-state index >= 15 is 0 Å². The van der Waals surface area contributed by atoms with Gasteiger partial charge in [-0.05, 0) is 78.9 Å². The molecule has 1 spiro atoms. The predicted octanol–water partition coefficient (Wildman–Crippen LogP) is 5.08. The summed E-state index contributed by atoms with van der Waals surface area (Å²) < 4.78 is 21.4.